The zero-order valence-electron chi connectivity index (χ0n) is 20.0. The number of nitriles is 1. The highest BCUT2D eigenvalue weighted by molar-refractivity contribution is 8.00. The summed E-state index contributed by atoms with van der Waals surface area (Å²) in [6, 6.07) is 9.26. The molecule has 3 rings (SSSR count). The first-order valence-electron chi connectivity index (χ1n) is 10.6. The van der Waals surface area contributed by atoms with Crippen molar-refractivity contribution < 1.29 is 26.4 Å². The van der Waals surface area contributed by atoms with Gasteiger partial charge >= 0.3 is 6.18 Å². The van der Waals surface area contributed by atoms with Crippen molar-refractivity contribution in [3.63, 3.8) is 0 Å². The summed E-state index contributed by atoms with van der Waals surface area (Å²) in [5, 5.41) is 10.7. The van der Waals surface area contributed by atoms with Gasteiger partial charge in [0, 0.05) is 22.8 Å². The first-order chi connectivity index (χ1) is 17.2. The van der Waals surface area contributed by atoms with Gasteiger partial charge in [-0.15, -0.1) is 0 Å². The molecule has 0 aliphatic carbocycles. The first-order valence-corrected chi connectivity index (χ1v) is 13.0. The van der Waals surface area contributed by atoms with Crippen LogP contribution in [0.1, 0.15) is 35.1 Å². The molecule has 2 heterocycles. The number of amides is 1. The molecule has 194 valence electrons. The average Bonchev–Trinajstić information content (AvgIpc) is 2.77. The SMILES string of the molecule is Cc1cc(C)nc(NS(=O)(=O)c2ccc(NC(=O)C(C)Sc3nc(C)cc(C(F)(F)F)c3C#N)cc2)n1. The number of nitrogens with one attached hydrogen (secondary N) is 2. The molecule has 14 heteroatoms. The second-order valence-electron chi connectivity index (χ2n) is 7.95. The third kappa shape index (κ3) is 6.95. The van der Waals surface area contributed by atoms with Crippen LogP contribution in [0.15, 0.2) is 46.3 Å². The summed E-state index contributed by atoms with van der Waals surface area (Å²) in [5.41, 5.74) is -0.280. The van der Waals surface area contributed by atoms with Gasteiger partial charge in [0.2, 0.25) is 11.9 Å². The molecule has 37 heavy (non-hydrogen) atoms. The van der Waals surface area contributed by atoms with E-state index < -0.39 is 38.5 Å². The van der Waals surface area contributed by atoms with Crippen molar-refractivity contribution in [1.82, 2.24) is 15.0 Å². The van der Waals surface area contributed by atoms with E-state index in [1.165, 1.54) is 44.2 Å². The molecule has 1 amide bonds. The molecule has 2 N–H and O–H groups in total. The van der Waals surface area contributed by atoms with Gasteiger partial charge in [-0.2, -0.15) is 18.4 Å². The van der Waals surface area contributed by atoms with Gasteiger partial charge in [0.15, 0.2) is 0 Å². The number of sulfonamides is 1. The van der Waals surface area contributed by atoms with Crippen LogP contribution >= 0.6 is 11.8 Å². The van der Waals surface area contributed by atoms with Gasteiger partial charge in [-0.25, -0.2) is 28.1 Å². The number of hydrogen-bond donors (Lipinski definition) is 2. The summed E-state index contributed by atoms with van der Waals surface area (Å²) in [5.74, 6) is -0.654. The molecule has 0 bridgehead atoms. The lowest BCUT2D eigenvalue weighted by Crippen LogP contribution is -2.23. The fourth-order valence-corrected chi connectivity index (χ4v) is 5.11. The van der Waals surface area contributed by atoms with E-state index >= 15 is 0 Å². The van der Waals surface area contributed by atoms with E-state index in [1.54, 1.807) is 19.9 Å². The number of alkyl halides is 3. The minimum atomic E-state index is -4.75. The lowest BCUT2D eigenvalue weighted by molar-refractivity contribution is -0.138. The van der Waals surface area contributed by atoms with Crippen LogP contribution in [0.25, 0.3) is 0 Å². The number of aryl methyl sites for hydroxylation is 3. The molecule has 0 saturated carbocycles. The van der Waals surface area contributed by atoms with E-state index in [1.807, 2.05) is 0 Å². The Bertz CT molecular complexity index is 1470. The molecule has 0 spiro atoms. The Labute approximate surface area is 215 Å². The zero-order chi connectivity index (χ0) is 27.5. The largest absolute Gasteiger partial charge is 0.417 e. The van der Waals surface area contributed by atoms with E-state index in [2.05, 4.69) is 25.0 Å². The smallest absolute Gasteiger partial charge is 0.325 e. The summed E-state index contributed by atoms with van der Waals surface area (Å²) in [6.07, 6.45) is -4.75. The highest BCUT2D eigenvalue weighted by Crippen LogP contribution is 2.37. The number of aromatic nitrogens is 3. The van der Waals surface area contributed by atoms with E-state index in [0.29, 0.717) is 23.1 Å². The number of anilines is 2. The van der Waals surface area contributed by atoms with Crippen molar-refractivity contribution >= 4 is 39.3 Å². The third-order valence-corrected chi connectivity index (χ3v) is 7.26. The summed E-state index contributed by atoms with van der Waals surface area (Å²) >= 11 is 0.712. The number of benzene rings is 1. The highest BCUT2D eigenvalue weighted by Gasteiger charge is 2.36. The van der Waals surface area contributed by atoms with Gasteiger partial charge in [-0.3, -0.25) is 4.79 Å². The second kappa shape index (κ2) is 10.7. The Hall–Kier alpha value is -3.70. The average molecular weight is 551 g/mol. The molecule has 1 aromatic carbocycles. The fraction of sp³-hybridized carbons (Fsp3) is 0.261. The van der Waals surface area contributed by atoms with Gasteiger partial charge in [0.1, 0.15) is 11.1 Å². The maximum absolute atomic E-state index is 13.3. The van der Waals surface area contributed by atoms with Crippen molar-refractivity contribution in [2.45, 2.75) is 49.0 Å². The summed E-state index contributed by atoms with van der Waals surface area (Å²) < 4.78 is 67.6. The summed E-state index contributed by atoms with van der Waals surface area (Å²) in [6.45, 7) is 6.22. The number of pyridine rings is 1. The Morgan fingerprint density at radius 2 is 1.59 bits per heavy atom. The topological polar surface area (TPSA) is 138 Å². The van der Waals surface area contributed by atoms with E-state index in [4.69, 9.17) is 0 Å². The molecule has 0 saturated heterocycles. The predicted molar refractivity (Wildman–Crippen MR) is 131 cm³/mol. The third-order valence-electron chi connectivity index (χ3n) is 4.83. The molecule has 1 atom stereocenters. The van der Waals surface area contributed by atoms with Crippen molar-refractivity contribution in [1.29, 1.82) is 5.26 Å². The van der Waals surface area contributed by atoms with E-state index in [-0.39, 0.29) is 27.3 Å². The maximum atomic E-state index is 13.3. The van der Waals surface area contributed by atoms with Gasteiger partial charge in [0.25, 0.3) is 10.0 Å². The predicted octanol–water partition coefficient (Wildman–Crippen LogP) is 4.61. The normalized spacial score (nSPS) is 12.5. The molecule has 2 aromatic heterocycles. The number of rotatable bonds is 7. The molecule has 0 aliphatic rings. The van der Waals surface area contributed by atoms with Gasteiger partial charge in [-0.1, -0.05) is 11.8 Å². The van der Waals surface area contributed by atoms with Crippen molar-refractivity contribution in [2.24, 2.45) is 0 Å². The van der Waals surface area contributed by atoms with Crippen molar-refractivity contribution in [3.05, 3.63) is 64.6 Å². The maximum Gasteiger partial charge on any atom is 0.417 e. The Morgan fingerprint density at radius 1 is 1.03 bits per heavy atom. The highest BCUT2D eigenvalue weighted by atomic mass is 32.2. The molecule has 3 aromatic rings. The Morgan fingerprint density at radius 3 is 2.14 bits per heavy atom. The number of carbonyl (C=O) groups is 1. The van der Waals surface area contributed by atoms with Gasteiger partial charge in [-0.05, 0) is 64.1 Å². The van der Waals surface area contributed by atoms with Crippen LogP contribution in [-0.4, -0.2) is 34.5 Å². The van der Waals surface area contributed by atoms with Crippen molar-refractivity contribution in [3.8, 4) is 6.07 Å². The van der Waals surface area contributed by atoms with Crippen molar-refractivity contribution in [2.75, 3.05) is 10.0 Å². The standard InChI is InChI=1S/C23H21F3N6O3S2/c1-12-9-13(2)30-22(29-12)32-37(34,35)17-7-5-16(6-8-17)31-20(33)15(4)36-21-18(11-27)19(23(24,25)26)10-14(3)28-21/h5-10,15H,1-4H3,(H,31,33)(H,29,30,32). The van der Waals surface area contributed by atoms with Crippen LogP contribution < -0.4 is 10.0 Å². The van der Waals surface area contributed by atoms with Crippen LogP contribution in [0.3, 0.4) is 0 Å². The summed E-state index contributed by atoms with van der Waals surface area (Å²) in [4.78, 5) is 24.7. The summed E-state index contributed by atoms with van der Waals surface area (Å²) in [7, 11) is -4.00. The Balaban J connectivity index is 1.73. The lowest BCUT2D eigenvalue weighted by Gasteiger charge is -2.16. The number of halogens is 3. The van der Waals surface area contributed by atoms with Gasteiger partial charge in [0.05, 0.1) is 21.3 Å². The quantitative estimate of drug-likeness (QED) is 0.407. The minimum absolute atomic E-state index is 0.0538. The molecule has 9 nitrogen and oxygen atoms in total. The van der Waals surface area contributed by atoms with Gasteiger partial charge < -0.3 is 5.32 Å². The first kappa shape index (κ1) is 27.9. The van der Waals surface area contributed by atoms with Crippen LogP contribution in [0.4, 0.5) is 24.8 Å². The monoisotopic (exact) mass is 550 g/mol. The molecule has 0 aliphatic heterocycles. The zero-order valence-corrected chi connectivity index (χ0v) is 21.6. The van der Waals surface area contributed by atoms with E-state index in [9.17, 15) is 31.6 Å². The molecular formula is C23H21F3N6O3S2. The fourth-order valence-electron chi connectivity index (χ4n) is 3.19. The van der Waals surface area contributed by atoms with Crippen LogP contribution in [0.2, 0.25) is 0 Å². The Kier molecular flexibility index (Phi) is 8.09. The number of carbonyl (C=O) groups excluding carboxylic acids is 1. The lowest BCUT2D eigenvalue weighted by atomic mass is 10.1. The number of hydrogen-bond acceptors (Lipinski definition) is 8. The molecule has 0 fully saturated rings. The van der Waals surface area contributed by atoms with Crippen LogP contribution in [0.5, 0.6) is 0 Å². The molecular weight excluding hydrogens is 529 g/mol. The van der Waals surface area contributed by atoms with E-state index in [0.717, 1.165) is 6.07 Å². The number of nitrogens with zero attached hydrogens (tertiary/aromatic N) is 4. The number of thioether (sulfide) groups is 1. The minimum Gasteiger partial charge on any atom is -0.325 e. The molecule has 0 radical (unpaired) electrons. The second-order valence-corrected chi connectivity index (χ2v) is 11.0. The molecule has 1 unspecified atom stereocenters. The van der Waals surface area contributed by atoms with Crippen LogP contribution in [-0.2, 0) is 21.0 Å². The van der Waals surface area contributed by atoms with Crippen LogP contribution in [0, 0.1) is 32.1 Å².